The van der Waals surface area contributed by atoms with E-state index in [1.54, 1.807) is 0 Å². The molecule has 0 aliphatic heterocycles. The Morgan fingerprint density at radius 1 is 1.18 bits per heavy atom. The quantitative estimate of drug-likeness (QED) is 0.160. The fourth-order valence-electron chi connectivity index (χ4n) is 1.03. The second-order valence-corrected chi connectivity index (χ2v) is 3.60. The molecule has 1 atom stereocenters. The van der Waals surface area contributed by atoms with Crippen LogP contribution in [0.15, 0.2) is 0 Å². The van der Waals surface area contributed by atoms with Gasteiger partial charge in [0.05, 0.1) is 12.8 Å². The van der Waals surface area contributed by atoms with E-state index in [-0.39, 0.29) is 58.3 Å². The smallest absolute Gasteiger partial charge is 1.00 e. The monoisotopic (exact) mass is 350 g/mol. The number of esters is 2. The normalized spacial score (nSPS) is 11.5. The zero-order valence-corrected chi connectivity index (χ0v) is 14.9. The molecule has 0 saturated carbocycles. The fourth-order valence-corrected chi connectivity index (χ4v) is 1.03. The molecule has 0 aromatic heterocycles. The Morgan fingerprint density at radius 3 is 2.00 bits per heavy atom. The van der Waals surface area contributed by atoms with Crippen molar-refractivity contribution >= 4 is 29.9 Å². The topological polar surface area (TPSA) is 214 Å². The molecule has 22 heavy (non-hydrogen) atoms. The predicted octanol–water partition coefficient (Wildman–Crippen LogP) is -5.91. The molecule has 0 bridgehead atoms. The molecule has 0 radical (unpaired) electrons. The van der Waals surface area contributed by atoms with Crippen molar-refractivity contribution < 1.29 is 102 Å². The van der Waals surface area contributed by atoms with Crippen LogP contribution < -0.4 is 62.6 Å². The number of carbonyl (C=O) groups is 5. The van der Waals surface area contributed by atoms with E-state index < -0.39 is 48.4 Å². The van der Waals surface area contributed by atoms with E-state index >= 15 is 0 Å². The summed E-state index contributed by atoms with van der Waals surface area (Å²) in [6.45, 7) is 0.892. The molecule has 122 valence electrons. The number of carboxylic acid groups (broad SMARTS) is 1. The number of hydrogen-bond acceptors (Lipinski definition) is 8. The molecule has 0 aromatic rings. The summed E-state index contributed by atoms with van der Waals surface area (Å²) in [5.41, 5.74) is 3.13. The molecule has 0 aliphatic rings. The molecule has 0 aromatic carbocycles. The molecule has 13 heteroatoms. The molecular weight excluding hydrogens is 335 g/mol. The van der Waals surface area contributed by atoms with Gasteiger partial charge in [-0.3, -0.25) is 9.59 Å². The molecule has 0 fully saturated rings. The number of aliphatic hydroxyl groups is 1. The largest absolute Gasteiger partial charge is 1.00 e. The van der Waals surface area contributed by atoms with Gasteiger partial charge in [0.25, 0.3) is 0 Å². The predicted molar refractivity (Wildman–Crippen MR) is 62.1 cm³/mol. The second-order valence-electron chi connectivity index (χ2n) is 3.60. The van der Waals surface area contributed by atoms with E-state index in [1.165, 1.54) is 5.48 Å². The van der Waals surface area contributed by atoms with Crippen molar-refractivity contribution in [2.75, 3.05) is 0 Å². The summed E-state index contributed by atoms with van der Waals surface area (Å²) in [7, 11) is 0. The molecule has 12 nitrogen and oxygen atoms in total. The fraction of sp³-hybridized carbons (Fsp3) is 0.444. The van der Waals surface area contributed by atoms with Gasteiger partial charge in [-0.25, -0.2) is 14.4 Å². The number of carboxylic acids is 1. The van der Waals surface area contributed by atoms with Crippen LogP contribution in [0.2, 0.25) is 0 Å². The number of urea groups is 1. The summed E-state index contributed by atoms with van der Waals surface area (Å²) in [5.74, 6) is -5.66. The summed E-state index contributed by atoms with van der Waals surface area (Å²) >= 11 is 0. The molecule has 0 spiro atoms. The van der Waals surface area contributed by atoms with Gasteiger partial charge in [0.2, 0.25) is 0 Å². The number of primary amides is 1. The minimum absolute atomic E-state index is 0. The number of nitrogens with two attached hydrogens (primary N) is 1. The third-order valence-electron chi connectivity index (χ3n) is 1.79. The second kappa shape index (κ2) is 11.5. The Morgan fingerprint density at radius 2 is 1.64 bits per heavy atom. The summed E-state index contributed by atoms with van der Waals surface area (Å²) in [5, 5.41) is 18.4. The van der Waals surface area contributed by atoms with Crippen molar-refractivity contribution in [3.8, 4) is 0 Å². The third kappa shape index (κ3) is 10.6. The van der Waals surface area contributed by atoms with Crippen molar-refractivity contribution in [3.05, 3.63) is 0 Å². The van der Waals surface area contributed by atoms with E-state index in [4.69, 9.17) is 5.11 Å². The van der Waals surface area contributed by atoms with Gasteiger partial charge in [0, 0.05) is 6.92 Å². The van der Waals surface area contributed by atoms with Gasteiger partial charge < -0.3 is 32.4 Å². The van der Waals surface area contributed by atoms with Crippen molar-refractivity contribution in [2.24, 2.45) is 5.73 Å². The first-order valence-corrected chi connectivity index (χ1v) is 4.99. The zero-order valence-electron chi connectivity index (χ0n) is 12.7. The summed E-state index contributed by atoms with van der Waals surface area (Å²) < 4.78 is 4.03. The molecule has 1 unspecified atom stereocenters. The zero-order chi connectivity index (χ0) is 15.9. The molecule has 7 N–H and O–H groups in total. The number of nitrogens with one attached hydrogen (secondary N) is 1. The van der Waals surface area contributed by atoms with E-state index in [2.05, 4.69) is 15.3 Å². The molecular formula is C9H15KN2O10. The van der Waals surface area contributed by atoms with E-state index in [0.29, 0.717) is 0 Å². The minimum atomic E-state index is -2.86. The van der Waals surface area contributed by atoms with Gasteiger partial charge in [-0.1, -0.05) is 0 Å². The maximum absolute atomic E-state index is 11.1. The average molecular weight is 350 g/mol. The van der Waals surface area contributed by atoms with Crippen LogP contribution in [0.5, 0.6) is 0 Å². The van der Waals surface area contributed by atoms with E-state index in [0.717, 1.165) is 6.92 Å². The minimum Gasteiger partial charge on any atom is -1.00 e. The Bertz CT molecular complexity index is 460. The first-order valence-electron chi connectivity index (χ1n) is 4.99. The SMILES string of the molecule is CC(=O)OC(=O)CC(O)(CC(=O)ONC(N)=O)C(=O)O.O.[H-].[K+]. The average Bonchev–Trinajstić information content (AvgIpc) is 2.24. The number of aliphatic carboxylic acids is 1. The van der Waals surface area contributed by atoms with Crippen LogP contribution in [0.25, 0.3) is 0 Å². The standard InChI is InChI=1S/C9H12N2O9.K.H2O.H/c1-4(12)19-5(13)2-9(18,7(15)16)3-6(14)20-11-8(10)17;;;/h18H,2-3H2,1H3,(H,15,16)(H3,10,11,17);;1H2;/q;+1;;-1. The maximum atomic E-state index is 11.1. The summed E-state index contributed by atoms with van der Waals surface area (Å²) in [6.07, 6.45) is -2.36. The Balaban J connectivity index is -0.000000602. The van der Waals surface area contributed by atoms with Crippen LogP contribution in [0, 0.1) is 0 Å². The van der Waals surface area contributed by atoms with E-state index in [9.17, 15) is 29.1 Å². The third-order valence-corrected chi connectivity index (χ3v) is 1.79. The van der Waals surface area contributed by atoms with Crippen LogP contribution in [-0.2, 0) is 28.8 Å². The number of hydroxylamine groups is 1. The van der Waals surface area contributed by atoms with Crippen molar-refractivity contribution in [1.82, 2.24) is 5.48 Å². The Labute approximate surface area is 167 Å². The first-order chi connectivity index (χ1) is 9.06. The van der Waals surface area contributed by atoms with Gasteiger partial charge in [-0.2, -0.15) is 5.48 Å². The van der Waals surface area contributed by atoms with Gasteiger partial charge in [-0.15, -0.1) is 0 Å². The molecule has 0 heterocycles. The van der Waals surface area contributed by atoms with Crippen LogP contribution >= 0.6 is 0 Å². The number of hydrogen-bond donors (Lipinski definition) is 4. The molecule has 0 aliphatic carbocycles. The van der Waals surface area contributed by atoms with Gasteiger partial charge >= 0.3 is 81.3 Å². The summed E-state index contributed by atoms with van der Waals surface area (Å²) in [4.78, 5) is 57.8. The van der Waals surface area contributed by atoms with E-state index in [1.807, 2.05) is 0 Å². The Hall–Kier alpha value is -1.09. The first kappa shape index (κ1) is 25.8. The van der Waals surface area contributed by atoms with Crippen molar-refractivity contribution in [3.63, 3.8) is 0 Å². The van der Waals surface area contributed by atoms with Gasteiger partial charge in [0.1, 0.15) is 0 Å². The maximum Gasteiger partial charge on any atom is 1.00 e. The summed E-state index contributed by atoms with van der Waals surface area (Å²) in [6, 6.07) is -1.23. The Kier molecular flexibility index (Phi) is 13.5. The number of ether oxygens (including phenoxy) is 1. The molecule has 0 saturated heterocycles. The molecule has 2 amide bonds. The molecule has 0 rings (SSSR count). The van der Waals surface area contributed by atoms with Crippen molar-refractivity contribution in [1.29, 1.82) is 0 Å². The van der Waals surface area contributed by atoms with Crippen LogP contribution in [-0.4, -0.2) is 51.2 Å². The van der Waals surface area contributed by atoms with Crippen LogP contribution in [0.3, 0.4) is 0 Å². The number of amides is 2. The van der Waals surface area contributed by atoms with Crippen molar-refractivity contribution in [2.45, 2.75) is 25.4 Å². The van der Waals surface area contributed by atoms with Crippen LogP contribution in [0.4, 0.5) is 4.79 Å². The van der Waals surface area contributed by atoms with Gasteiger partial charge in [-0.05, 0) is 0 Å². The van der Waals surface area contributed by atoms with Gasteiger partial charge in [0.15, 0.2) is 5.60 Å². The van der Waals surface area contributed by atoms with Crippen LogP contribution in [0.1, 0.15) is 21.2 Å². The number of carbonyl (C=O) groups excluding carboxylic acids is 4. The number of rotatable bonds is 5.